The Morgan fingerprint density at radius 3 is 2.29 bits per heavy atom. The molecular weight excluding hydrogens is 186 g/mol. The van der Waals surface area contributed by atoms with Crippen molar-refractivity contribution in [1.82, 2.24) is 5.32 Å². The second kappa shape index (κ2) is 4.95. The van der Waals surface area contributed by atoms with Crippen LogP contribution in [-0.4, -0.2) is 35.7 Å². The van der Waals surface area contributed by atoms with Gasteiger partial charge in [-0.25, -0.2) is 0 Å². The number of aliphatic hydroxyl groups excluding tert-OH is 1. The van der Waals surface area contributed by atoms with Crippen molar-refractivity contribution in [3.05, 3.63) is 0 Å². The highest BCUT2D eigenvalue weighted by atomic mass is 16.4. The Hall–Kier alpha value is -1.10. The van der Waals surface area contributed by atoms with Crippen LogP contribution in [0.25, 0.3) is 0 Å². The zero-order chi connectivity index (χ0) is 11.4. The van der Waals surface area contributed by atoms with Gasteiger partial charge in [-0.3, -0.25) is 9.59 Å². The molecule has 0 aliphatic carbocycles. The Morgan fingerprint density at radius 1 is 1.50 bits per heavy atom. The first kappa shape index (κ1) is 12.9. The highest BCUT2D eigenvalue weighted by Crippen LogP contribution is 2.26. The molecular formula is C9H17NO4. The van der Waals surface area contributed by atoms with Crippen LogP contribution in [0, 0.1) is 11.3 Å². The Balaban J connectivity index is 4.73. The van der Waals surface area contributed by atoms with E-state index >= 15 is 0 Å². The van der Waals surface area contributed by atoms with Crippen molar-refractivity contribution in [3.8, 4) is 0 Å². The summed E-state index contributed by atoms with van der Waals surface area (Å²) >= 11 is 0. The number of aliphatic hydroxyl groups is 1. The molecule has 2 atom stereocenters. The lowest BCUT2D eigenvalue weighted by Crippen LogP contribution is -2.44. The Morgan fingerprint density at radius 2 is 2.00 bits per heavy atom. The van der Waals surface area contributed by atoms with Gasteiger partial charge in [0.05, 0.1) is 0 Å². The molecule has 0 radical (unpaired) electrons. The van der Waals surface area contributed by atoms with E-state index in [1.807, 2.05) is 0 Å². The quantitative estimate of drug-likeness (QED) is 0.542. The monoisotopic (exact) mass is 203 g/mol. The van der Waals surface area contributed by atoms with Gasteiger partial charge in [-0.05, 0) is 19.3 Å². The fourth-order valence-electron chi connectivity index (χ4n) is 1.31. The first-order valence-electron chi connectivity index (χ1n) is 4.45. The second-order valence-electron chi connectivity index (χ2n) is 3.71. The highest BCUT2D eigenvalue weighted by molar-refractivity contribution is 6.01. The Labute approximate surface area is 83.1 Å². The normalized spacial score (nSPS) is 16.9. The number of hydrogen-bond donors (Lipinski definition) is 3. The van der Waals surface area contributed by atoms with Gasteiger partial charge in [-0.15, -0.1) is 0 Å². The predicted molar refractivity (Wildman–Crippen MR) is 50.7 cm³/mol. The summed E-state index contributed by atoms with van der Waals surface area (Å²) in [4.78, 5) is 22.3. The van der Waals surface area contributed by atoms with Gasteiger partial charge in [0, 0.05) is 13.7 Å². The molecule has 0 heterocycles. The van der Waals surface area contributed by atoms with Crippen molar-refractivity contribution in [2.45, 2.75) is 20.3 Å². The second-order valence-corrected chi connectivity index (χ2v) is 3.71. The number of carboxylic acid groups (broad SMARTS) is 1. The first-order valence-corrected chi connectivity index (χ1v) is 4.45. The van der Waals surface area contributed by atoms with Crippen LogP contribution in [0.5, 0.6) is 0 Å². The minimum absolute atomic E-state index is 0.124. The fourth-order valence-corrected chi connectivity index (χ4v) is 1.31. The summed E-state index contributed by atoms with van der Waals surface area (Å²) in [6.07, 6.45) is 0.124. The summed E-state index contributed by atoms with van der Waals surface area (Å²) in [6, 6.07) is 0. The number of carboxylic acids is 1. The van der Waals surface area contributed by atoms with E-state index in [2.05, 4.69) is 5.32 Å². The van der Waals surface area contributed by atoms with Crippen LogP contribution in [0.15, 0.2) is 0 Å². The number of amides is 1. The van der Waals surface area contributed by atoms with E-state index in [1.54, 1.807) is 6.92 Å². The number of carbonyl (C=O) groups excluding carboxylic acids is 1. The van der Waals surface area contributed by atoms with Crippen LogP contribution in [0.3, 0.4) is 0 Å². The van der Waals surface area contributed by atoms with Crippen LogP contribution in [-0.2, 0) is 9.59 Å². The summed E-state index contributed by atoms with van der Waals surface area (Å²) in [6.45, 7) is 2.93. The van der Waals surface area contributed by atoms with Crippen LogP contribution >= 0.6 is 0 Å². The van der Waals surface area contributed by atoms with E-state index in [1.165, 1.54) is 14.0 Å². The molecule has 3 N–H and O–H groups in total. The minimum atomic E-state index is -1.46. The topological polar surface area (TPSA) is 86.6 Å². The van der Waals surface area contributed by atoms with Gasteiger partial charge < -0.3 is 15.5 Å². The van der Waals surface area contributed by atoms with Crippen LogP contribution in [0.4, 0.5) is 0 Å². The number of hydrogen-bond acceptors (Lipinski definition) is 3. The Bertz CT molecular complexity index is 229. The molecule has 0 saturated heterocycles. The molecule has 0 aromatic heterocycles. The van der Waals surface area contributed by atoms with Crippen LogP contribution in [0.2, 0.25) is 0 Å². The zero-order valence-corrected chi connectivity index (χ0v) is 8.70. The summed E-state index contributed by atoms with van der Waals surface area (Å²) in [5, 5.41) is 20.1. The van der Waals surface area contributed by atoms with E-state index in [0.29, 0.717) is 0 Å². The van der Waals surface area contributed by atoms with Gasteiger partial charge in [0.25, 0.3) is 0 Å². The molecule has 2 unspecified atom stereocenters. The number of carbonyl (C=O) groups is 2. The predicted octanol–water partition coefficient (Wildman–Crippen LogP) is -0.158. The molecule has 0 aliphatic heterocycles. The van der Waals surface area contributed by atoms with Gasteiger partial charge >= 0.3 is 5.97 Å². The molecule has 0 rings (SSSR count). The summed E-state index contributed by atoms with van der Waals surface area (Å²) in [7, 11) is 1.40. The first-order chi connectivity index (χ1) is 6.38. The molecule has 0 bridgehead atoms. The van der Waals surface area contributed by atoms with E-state index < -0.39 is 17.3 Å². The van der Waals surface area contributed by atoms with Crippen molar-refractivity contribution < 1.29 is 19.8 Å². The fraction of sp³-hybridized carbons (Fsp3) is 0.778. The summed E-state index contributed by atoms with van der Waals surface area (Å²) < 4.78 is 0. The molecule has 0 fully saturated rings. The Kier molecular flexibility index (Phi) is 4.56. The van der Waals surface area contributed by atoms with Crippen molar-refractivity contribution >= 4 is 11.9 Å². The lowest BCUT2D eigenvalue weighted by Gasteiger charge is -2.25. The average Bonchev–Trinajstić information content (AvgIpc) is 2.15. The molecule has 82 valence electrons. The SMILES string of the molecule is CNC(=O)C(C)(CC(C)CO)C(=O)O. The molecule has 0 aliphatic rings. The van der Waals surface area contributed by atoms with Gasteiger partial charge in [-0.2, -0.15) is 0 Å². The largest absolute Gasteiger partial charge is 0.480 e. The lowest BCUT2D eigenvalue weighted by atomic mass is 9.81. The third kappa shape index (κ3) is 2.70. The number of nitrogens with one attached hydrogen (secondary N) is 1. The number of aliphatic carboxylic acids is 1. The molecule has 0 aromatic carbocycles. The maximum Gasteiger partial charge on any atom is 0.318 e. The van der Waals surface area contributed by atoms with Gasteiger partial charge in [0.15, 0.2) is 0 Å². The van der Waals surface area contributed by atoms with Crippen molar-refractivity contribution in [1.29, 1.82) is 0 Å². The van der Waals surface area contributed by atoms with Crippen LogP contribution in [0.1, 0.15) is 20.3 Å². The van der Waals surface area contributed by atoms with Gasteiger partial charge in [0.1, 0.15) is 5.41 Å². The standard InChI is InChI=1S/C9H17NO4/c1-6(5-11)4-9(2,8(13)14)7(12)10-3/h6,11H,4-5H2,1-3H3,(H,10,12)(H,13,14). The molecule has 0 aromatic rings. The number of rotatable bonds is 5. The highest BCUT2D eigenvalue weighted by Gasteiger charge is 2.41. The van der Waals surface area contributed by atoms with Crippen LogP contribution < -0.4 is 5.32 Å². The molecule has 0 spiro atoms. The van der Waals surface area contributed by atoms with Crippen molar-refractivity contribution in [2.75, 3.05) is 13.7 Å². The molecule has 5 nitrogen and oxygen atoms in total. The third-order valence-electron chi connectivity index (χ3n) is 2.27. The minimum Gasteiger partial charge on any atom is -0.480 e. The summed E-state index contributed by atoms with van der Waals surface area (Å²) in [5.74, 6) is -1.92. The average molecular weight is 203 g/mol. The maximum absolute atomic E-state index is 11.4. The van der Waals surface area contributed by atoms with Crippen molar-refractivity contribution in [2.24, 2.45) is 11.3 Å². The summed E-state index contributed by atoms with van der Waals surface area (Å²) in [5.41, 5.74) is -1.46. The van der Waals surface area contributed by atoms with E-state index in [9.17, 15) is 9.59 Å². The lowest BCUT2D eigenvalue weighted by molar-refractivity contribution is -0.155. The van der Waals surface area contributed by atoms with E-state index in [-0.39, 0.29) is 18.9 Å². The van der Waals surface area contributed by atoms with E-state index in [4.69, 9.17) is 10.2 Å². The maximum atomic E-state index is 11.4. The smallest absolute Gasteiger partial charge is 0.318 e. The van der Waals surface area contributed by atoms with Crippen molar-refractivity contribution in [3.63, 3.8) is 0 Å². The molecule has 14 heavy (non-hydrogen) atoms. The van der Waals surface area contributed by atoms with Gasteiger partial charge in [0.2, 0.25) is 5.91 Å². The molecule has 1 amide bonds. The van der Waals surface area contributed by atoms with Gasteiger partial charge in [-0.1, -0.05) is 6.92 Å². The molecule has 5 heteroatoms. The third-order valence-corrected chi connectivity index (χ3v) is 2.27. The molecule has 0 saturated carbocycles. The zero-order valence-electron chi connectivity index (χ0n) is 8.70. The van der Waals surface area contributed by atoms with E-state index in [0.717, 1.165) is 0 Å².